The van der Waals surface area contributed by atoms with Gasteiger partial charge in [0.25, 0.3) is 0 Å². The van der Waals surface area contributed by atoms with Crippen LogP contribution in [0.25, 0.3) is 0 Å². The molecule has 1 unspecified atom stereocenters. The molecule has 0 aromatic rings. The van der Waals surface area contributed by atoms with Crippen molar-refractivity contribution in [2.75, 3.05) is 6.61 Å². The summed E-state index contributed by atoms with van der Waals surface area (Å²) in [6, 6.07) is 0. The van der Waals surface area contributed by atoms with Crippen LogP contribution >= 0.6 is 0 Å². The minimum absolute atomic E-state index is 0.291. The summed E-state index contributed by atoms with van der Waals surface area (Å²) in [5.41, 5.74) is -2.95. The molecule has 90 valence electrons. The zero-order valence-corrected chi connectivity index (χ0v) is 9.38. The van der Waals surface area contributed by atoms with Crippen LogP contribution in [0.3, 0.4) is 0 Å². The van der Waals surface area contributed by atoms with E-state index in [2.05, 4.69) is 16.6 Å². The van der Waals surface area contributed by atoms with E-state index in [0.29, 0.717) is 12.8 Å². The molecule has 4 nitrogen and oxygen atoms in total. The minimum Gasteiger partial charge on any atom is -0.478 e. The maximum Gasteiger partial charge on any atom is 0.356 e. The van der Waals surface area contributed by atoms with Crippen molar-refractivity contribution in [3.63, 3.8) is 0 Å². The molecule has 0 saturated carbocycles. The molecule has 5 heteroatoms. The van der Waals surface area contributed by atoms with E-state index in [-0.39, 0.29) is 13.0 Å². The third kappa shape index (κ3) is 3.89. The number of aliphatic carboxylic acids is 1. The van der Waals surface area contributed by atoms with Crippen LogP contribution in [0.2, 0.25) is 0 Å². The summed E-state index contributed by atoms with van der Waals surface area (Å²) in [4.78, 5) is 21.9. The molecule has 0 aromatic carbocycles. The Kier molecular flexibility index (Phi) is 6.16. The van der Waals surface area contributed by atoms with Crippen molar-refractivity contribution in [2.45, 2.75) is 38.8 Å². The molecular weight excluding hydrogens is 215 g/mol. The predicted molar refractivity (Wildman–Crippen MR) is 55.4 cm³/mol. The molecule has 0 aliphatic heterocycles. The molecule has 0 bridgehead atoms. The van der Waals surface area contributed by atoms with Gasteiger partial charge in [-0.1, -0.05) is 19.3 Å². The lowest BCUT2D eigenvalue weighted by Crippen LogP contribution is -2.43. The zero-order chi connectivity index (χ0) is 12.6. The highest BCUT2D eigenvalue weighted by molar-refractivity contribution is 6.02. The fourth-order valence-corrected chi connectivity index (χ4v) is 1.00. The van der Waals surface area contributed by atoms with Crippen molar-refractivity contribution in [2.24, 2.45) is 0 Å². The highest BCUT2D eigenvalue weighted by atomic mass is 19.1. The number of unbranched alkanes of at least 4 members (excludes halogenated alkanes) is 1. The molecule has 0 aliphatic carbocycles. The van der Waals surface area contributed by atoms with Gasteiger partial charge in [0.2, 0.25) is 0 Å². The zero-order valence-electron chi connectivity index (χ0n) is 9.38. The maximum absolute atomic E-state index is 13.8. The average Bonchev–Trinajstić information content (AvgIpc) is 2.25. The predicted octanol–water partition coefficient (Wildman–Crippen LogP) is 1.54. The Morgan fingerprint density at radius 3 is 2.56 bits per heavy atom. The molecule has 0 fully saturated rings. The lowest BCUT2D eigenvalue weighted by atomic mass is 9.99. The van der Waals surface area contributed by atoms with E-state index in [4.69, 9.17) is 5.11 Å². The smallest absolute Gasteiger partial charge is 0.356 e. The van der Waals surface area contributed by atoms with Crippen molar-refractivity contribution in [3.8, 4) is 11.8 Å². The molecule has 0 amide bonds. The van der Waals surface area contributed by atoms with Crippen molar-refractivity contribution in [3.05, 3.63) is 0 Å². The molecule has 0 spiro atoms. The quantitative estimate of drug-likeness (QED) is 0.427. The summed E-state index contributed by atoms with van der Waals surface area (Å²) >= 11 is 0. The van der Waals surface area contributed by atoms with Gasteiger partial charge in [0.05, 0.1) is 0 Å². The van der Waals surface area contributed by atoms with Crippen molar-refractivity contribution in [1.82, 2.24) is 0 Å². The SMILES string of the molecule is CC#CCOC(=O)C(F)(CCCC)C(=O)O. The molecule has 0 aromatic heterocycles. The van der Waals surface area contributed by atoms with Gasteiger partial charge in [-0.2, -0.15) is 0 Å². The Morgan fingerprint density at radius 2 is 2.12 bits per heavy atom. The fraction of sp³-hybridized carbons (Fsp3) is 0.636. The van der Waals surface area contributed by atoms with E-state index in [9.17, 15) is 14.0 Å². The Balaban J connectivity index is 4.54. The van der Waals surface area contributed by atoms with E-state index < -0.39 is 17.6 Å². The van der Waals surface area contributed by atoms with Gasteiger partial charge in [-0.15, -0.1) is 5.92 Å². The van der Waals surface area contributed by atoms with Crippen molar-refractivity contribution >= 4 is 11.9 Å². The lowest BCUT2D eigenvalue weighted by Gasteiger charge is -2.17. The standard InChI is InChI=1S/C11H15FO4/c1-3-5-7-11(12,9(13)14)10(15)16-8-6-4-2/h3,5,7-8H2,1-2H3,(H,13,14). The highest BCUT2D eigenvalue weighted by Crippen LogP contribution is 2.21. The first kappa shape index (κ1) is 14.4. The van der Waals surface area contributed by atoms with Gasteiger partial charge in [-0.3, -0.25) is 0 Å². The van der Waals surface area contributed by atoms with Gasteiger partial charge in [0, 0.05) is 6.42 Å². The van der Waals surface area contributed by atoms with E-state index in [1.807, 2.05) is 0 Å². The molecule has 16 heavy (non-hydrogen) atoms. The van der Waals surface area contributed by atoms with Gasteiger partial charge in [0.15, 0.2) is 6.61 Å². The Hall–Kier alpha value is -1.57. The van der Waals surface area contributed by atoms with Gasteiger partial charge in [-0.25, -0.2) is 14.0 Å². The summed E-state index contributed by atoms with van der Waals surface area (Å²) < 4.78 is 18.2. The largest absolute Gasteiger partial charge is 0.478 e. The van der Waals surface area contributed by atoms with Crippen LogP contribution in [-0.2, 0) is 14.3 Å². The van der Waals surface area contributed by atoms with E-state index in [1.54, 1.807) is 6.92 Å². The lowest BCUT2D eigenvalue weighted by molar-refractivity contribution is -0.171. The van der Waals surface area contributed by atoms with Crippen LogP contribution < -0.4 is 0 Å². The summed E-state index contributed by atoms with van der Waals surface area (Å²) in [5, 5.41) is 8.67. The van der Waals surface area contributed by atoms with Crippen LogP contribution in [0.15, 0.2) is 0 Å². The molecule has 0 heterocycles. The summed E-state index contributed by atoms with van der Waals surface area (Å²) in [5.74, 6) is 1.66. The Labute approximate surface area is 93.8 Å². The van der Waals surface area contributed by atoms with Gasteiger partial charge in [0.1, 0.15) is 0 Å². The number of hydrogen-bond acceptors (Lipinski definition) is 3. The number of halogens is 1. The van der Waals surface area contributed by atoms with E-state index in [1.165, 1.54) is 6.92 Å². The number of esters is 1. The van der Waals surface area contributed by atoms with Crippen molar-refractivity contribution in [1.29, 1.82) is 0 Å². The third-order valence-corrected chi connectivity index (χ3v) is 1.99. The first-order valence-corrected chi connectivity index (χ1v) is 4.98. The first-order valence-electron chi connectivity index (χ1n) is 4.98. The van der Waals surface area contributed by atoms with Crippen LogP contribution in [0.1, 0.15) is 33.1 Å². The first-order chi connectivity index (χ1) is 7.49. The molecule has 0 saturated heterocycles. The molecule has 0 aliphatic rings. The average molecular weight is 230 g/mol. The van der Waals surface area contributed by atoms with Gasteiger partial charge in [-0.05, 0) is 13.3 Å². The fourth-order valence-electron chi connectivity index (χ4n) is 1.00. The van der Waals surface area contributed by atoms with Crippen LogP contribution in [0.4, 0.5) is 4.39 Å². The Bertz CT molecular complexity index is 316. The normalized spacial score (nSPS) is 13.2. The minimum atomic E-state index is -2.95. The summed E-state index contributed by atoms with van der Waals surface area (Å²) in [6.45, 7) is 3.02. The summed E-state index contributed by atoms with van der Waals surface area (Å²) in [6.07, 6.45) is 0.523. The molecule has 0 radical (unpaired) electrons. The van der Waals surface area contributed by atoms with Gasteiger partial charge >= 0.3 is 17.6 Å². The second-order valence-electron chi connectivity index (χ2n) is 3.21. The highest BCUT2D eigenvalue weighted by Gasteiger charge is 2.47. The van der Waals surface area contributed by atoms with Crippen LogP contribution in [0.5, 0.6) is 0 Å². The Morgan fingerprint density at radius 1 is 1.50 bits per heavy atom. The molecule has 0 rings (SSSR count). The molecule has 1 N–H and O–H groups in total. The number of alkyl halides is 1. The number of hydrogen-bond donors (Lipinski definition) is 1. The second-order valence-corrected chi connectivity index (χ2v) is 3.21. The van der Waals surface area contributed by atoms with Crippen molar-refractivity contribution < 1.29 is 23.8 Å². The molecular formula is C11H15FO4. The monoisotopic (exact) mass is 230 g/mol. The second kappa shape index (κ2) is 6.83. The number of carboxylic acids is 1. The van der Waals surface area contributed by atoms with Crippen LogP contribution in [0, 0.1) is 11.8 Å². The number of carbonyl (C=O) groups excluding carboxylic acids is 1. The molecule has 1 atom stereocenters. The number of carbonyl (C=O) groups is 2. The van der Waals surface area contributed by atoms with E-state index in [0.717, 1.165) is 0 Å². The third-order valence-electron chi connectivity index (χ3n) is 1.99. The summed E-state index contributed by atoms with van der Waals surface area (Å²) in [7, 11) is 0. The van der Waals surface area contributed by atoms with Crippen LogP contribution in [-0.4, -0.2) is 29.3 Å². The maximum atomic E-state index is 13.8. The van der Waals surface area contributed by atoms with E-state index >= 15 is 0 Å². The van der Waals surface area contributed by atoms with Gasteiger partial charge < -0.3 is 9.84 Å². The number of ether oxygens (including phenoxy) is 1. The topological polar surface area (TPSA) is 63.6 Å². The number of carboxylic acid groups (broad SMARTS) is 1. The number of rotatable bonds is 6.